The maximum absolute atomic E-state index is 11.7. The second kappa shape index (κ2) is 6.83. The van der Waals surface area contributed by atoms with Crippen molar-refractivity contribution in [3.05, 3.63) is 0 Å². The molecular weight excluding hydrogens is 190 g/mol. The molecule has 1 unspecified atom stereocenters. The molecule has 1 atom stereocenters. The number of carbonyl (C=O) groups excluding carboxylic acids is 1. The van der Waals surface area contributed by atoms with E-state index >= 15 is 0 Å². The third-order valence-corrected chi connectivity index (χ3v) is 2.96. The normalized spacial score (nSPS) is 19.9. The molecule has 15 heavy (non-hydrogen) atoms. The number of esters is 1. The minimum atomic E-state index is 0.0134. The lowest BCUT2D eigenvalue weighted by Gasteiger charge is -2.21. The van der Waals surface area contributed by atoms with Crippen molar-refractivity contribution in [2.24, 2.45) is 11.8 Å². The highest BCUT2D eigenvalue weighted by Crippen LogP contribution is 2.14. The highest BCUT2D eigenvalue weighted by Gasteiger charge is 2.22. The lowest BCUT2D eigenvalue weighted by atomic mass is 9.98. The van der Waals surface area contributed by atoms with Crippen LogP contribution >= 0.6 is 0 Å². The van der Waals surface area contributed by atoms with Gasteiger partial charge in [-0.3, -0.25) is 4.79 Å². The van der Waals surface area contributed by atoms with Gasteiger partial charge in [0, 0.05) is 0 Å². The third kappa shape index (κ3) is 4.65. The molecule has 1 saturated heterocycles. The molecule has 0 amide bonds. The maximum Gasteiger partial charge on any atom is 0.309 e. The van der Waals surface area contributed by atoms with Crippen LogP contribution in [0, 0.1) is 11.8 Å². The van der Waals surface area contributed by atoms with Gasteiger partial charge in [0.15, 0.2) is 0 Å². The fourth-order valence-corrected chi connectivity index (χ4v) is 1.98. The van der Waals surface area contributed by atoms with Crippen LogP contribution in [0.4, 0.5) is 0 Å². The van der Waals surface area contributed by atoms with E-state index < -0.39 is 0 Å². The Morgan fingerprint density at radius 2 is 2.13 bits per heavy atom. The number of rotatable bonds is 5. The molecule has 3 heteroatoms. The Labute approximate surface area is 92.6 Å². The van der Waals surface area contributed by atoms with Crippen LogP contribution in [0.15, 0.2) is 0 Å². The van der Waals surface area contributed by atoms with Crippen molar-refractivity contribution in [2.45, 2.75) is 39.5 Å². The molecular formula is C12H23NO2. The Bertz CT molecular complexity index is 188. The first-order chi connectivity index (χ1) is 7.24. The molecule has 3 nitrogen and oxygen atoms in total. The second-order valence-corrected chi connectivity index (χ2v) is 4.55. The van der Waals surface area contributed by atoms with Crippen molar-refractivity contribution in [2.75, 3.05) is 19.7 Å². The summed E-state index contributed by atoms with van der Waals surface area (Å²) in [6.07, 6.45) is 4.16. The standard InChI is InChI=1S/C12H23NO2/c1-3-4-10(2)9-15-12(14)11-5-7-13-8-6-11/h10-11,13H,3-9H2,1-2H3. The van der Waals surface area contributed by atoms with Crippen molar-refractivity contribution in [3.63, 3.8) is 0 Å². The molecule has 1 aliphatic rings. The second-order valence-electron chi connectivity index (χ2n) is 4.55. The Hall–Kier alpha value is -0.570. The minimum absolute atomic E-state index is 0.0134. The van der Waals surface area contributed by atoms with Gasteiger partial charge in [-0.1, -0.05) is 20.3 Å². The average Bonchev–Trinajstić information content (AvgIpc) is 2.27. The van der Waals surface area contributed by atoms with Gasteiger partial charge in [-0.15, -0.1) is 0 Å². The van der Waals surface area contributed by atoms with Gasteiger partial charge in [0.2, 0.25) is 0 Å². The predicted molar refractivity (Wildman–Crippen MR) is 60.6 cm³/mol. The van der Waals surface area contributed by atoms with E-state index in [9.17, 15) is 4.79 Å². The molecule has 88 valence electrons. The summed E-state index contributed by atoms with van der Waals surface area (Å²) in [5, 5.41) is 3.25. The van der Waals surface area contributed by atoms with Crippen LogP contribution in [0.2, 0.25) is 0 Å². The van der Waals surface area contributed by atoms with E-state index in [0.717, 1.165) is 38.8 Å². The van der Waals surface area contributed by atoms with Gasteiger partial charge in [0.1, 0.15) is 0 Å². The van der Waals surface area contributed by atoms with E-state index in [0.29, 0.717) is 12.5 Å². The Morgan fingerprint density at radius 1 is 1.47 bits per heavy atom. The van der Waals surface area contributed by atoms with E-state index in [2.05, 4.69) is 19.2 Å². The Balaban J connectivity index is 2.16. The number of ether oxygens (including phenoxy) is 1. The monoisotopic (exact) mass is 213 g/mol. The molecule has 1 heterocycles. The van der Waals surface area contributed by atoms with E-state index in [4.69, 9.17) is 4.74 Å². The summed E-state index contributed by atoms with van der Waals surface area (Å²) in [7, 11) is 0. The van der Waals surface area contributed by atoms with Gasteiger partial charge >= 0.3 is 5.97 Å². The molecule has 0 radical (unpaired) electrons. The quantitative estimate of drug-likeness (QED) is 0.710. The number of carbonyl (C=O) groups is 1. The average molecular weight is 213 g/mol. The number of nitrogens with one attached hydrogen (secondary N) is 1. The van der Waals surface area contributed by atoms with Gasteiger partial charge in [0.05, 0.1) is 12.5 Å². The SMILES string of the molecule is CCCC(C)COC(=O)C1CCNCC1. The van der Waals surface area contributed by atoms with Crippen LogP contribution < -0.4 is 5.32 Å². The fraction of sp³-hybridized carbons (Fsp3) is 0.917. The Morgan fingerprint density at radius 3 is 2.73 bits per heavy atom. The smallest absolute Gasteiger partial charge is 0.309 e. The molecule has 1 aliphatic heterocycles. The van der Waals surface area contributed by atoms with Gasteiger partial charge in [-0.2, -0.15) is 0 Å². The van der Waals surface area contributed by atoms with Crippen LogP contribution in [0.25, 0.3) is 0 Å². The first-order valence-electron chi connectivity index (χ1n) is 6.11. The van der Waals surface area contributed by atoms with E-state index in [1.54, 1.807) is 0 Å². The van der Waals surface area contributed by atoms with E-state index in [-0.39, 0.29) is 11.9 Å². The highest BCUT2D eigenvalue weighted by molar-refractivity contribution is 5.72. The third-order valence-electron chi connectivity index (χ3n) is 2.96. The van der Waals surface area contributed by atoms with Crippen molar-refractivity contribution in [1.82, 2.24) is 5.32 Å². The molecule has 0 aromatic rings. The highest BCUT2D eigenvalue weighted by atomic mass is 16.5. The van der Waals surface area contributed by atoms with Crippen molar-refractivity contribution in [3.8, 4) is 0 Å². The van der Waals surface area contributed by atoms with Crippen LogP contribution in [-0.4, -0.2) is 25.7 Å². The van der Waals surface area contributed by atoms with Gasteiger partial charge < -0.3 is 10.1 Å². The Kier molecular flexibility index (Phi) is 5.69. The lowest BCUT2D eigenvalue weighted by Crippen LogP contribution is -2.33. The van der Waals surface area contributed by atoms with Gasteiger partial charge in [-0.25, -0.2) is 0 Å². The summed E-state index contributed by atoms with van der Waals surface area (Å²) in [6.45, 7) is 6.79. The summed E-state index contributed by atoms with van der Waals surface area (Å²) < 4.78 is 5.33. The van der Waals surface area contributed by atoms with Crippen LogP contribution in [0.3, 0.4) is 0 Å². The maximum atomic E-state index is 11.7. The minimum Gasteiger partial charge on any atom is -0.465 e. The summed E-state index contributed by atoms with van der Waals surface area (Å²) in [5.41, 5.74) is 0. The van der Waals surface area contributed by atoms with Gasteiger partial charge in [-0.05, 0) is 38.3 Å². The number of hydrogen-bond donors (Lipinski definition) is 1. The van der Waals surface area contributed by atoms with Crippen molar-refractivity contribution in [1.29, 1.82) is 0 Å². The molecule has 1 rings (SSSR count). The van der Waals surface area contributed by atoms with Crippen molar-refractivity contribution >= 4 is 5.97 Å². The van der Waals surface area contributed by atoms with Gasteiger partial charge in [0.25, 0.3) is 0 Å². The molecule has 0 bridgehead atoms. The zero-order chi connectivity index (χ0) is 11.1. The predicted octanol–water partition coefficient (Wildman–Crippen LogP) is 1.97. The van der Waals surface area contributed by atoms with E-state index in [1.165, 1.54) is 0 Å². The molecule has 1 N–H and O–H groups in total. The van der Waals surface area contributed by atoms with Crippen LogP contribution in [-0.2, 0) is 9.53 Å². The molecule has 0 aliphatic carbocycles. The first-order valence-corrected chi connectivity index (χ1v) is 6.11. The number of hydrogen-bond acceptors (Lipinski definition) is 3. The molecule has 0 spiro atoms. The molecule has 0 aromatic carbocycles. The van der Waals surface area contributed by atoms with Crippen LogP contribution in [0.1, 0.15) is 39.5 Å². The first kappa shape index (κ1) is 12.5. The molecule has 0 saturated carbocycles. The topological polar surface area (TPSA) is 38.3 Å². The number of piperidine rings is 1. The summed E-state index contributed by atoms with van der Waals surface area (Å²) in [4.78, 5) is 11.7. The summed E-state index contributed by atoms with van der Waals surface area (Å²) in [5.74, 6) is 0.653. The molecule has 1 fully saturated rings. The van der Waals surface area contributed by atoms with Crippen molar-refractivity contribution < 1.29 is 9.53 Å². The van der Waals surface area contributed by atoms with E-state index in [1.807, 2.05) is 0 Å². The summed E-state index contributed by atoms with van der Waals surface area (Å²) >= 11 is 0. The fourth-order valence-electron chi connectivity index (χ4n) is 1.98. The lowest BCUT2D eigenvalue weighted by molar-refractivity contribution is -0.150. The molecule has 0 aromatic heterocycles. The zero-order valence-electron chi connectivity index (χ0n) is 9.92. The summed E-state index contributed by atoms with van der Waals surface area (Å²) in [6, 6.07) is 0. The largest absolute Gasteiger partial charge is 0.465 e. The van der Waals surface area contributed by atoms with Crippen LogP contribution in [0.5, 0.6) is 0 Å². The zero-order valence-corrected chi connectivity index (χ0v) is 9.92.